The van der Waals surface area contributed by atoms with E-state index in [-0.39, 0.29) is 5.56 Å². The Hall–Kier alpha value is -2.31. The second kappa shape index (κ2) is 4.91. The highest BCUT2D eigenvalue weighted by Gasteiger charge is 2.13. The summed E-state index contributed by atoms with van der Waals surface area (Å²) in [5.74, 6) is -1.50. The lowest BCUT2D eigenvalue weighted by atomic mass is 10.2. The monoisotopic (exact) mass is 250 g/mol. The minimum atomic E-state index is -1.30. The smallest absolute Gasteiger partial charge is 0.338 e. The van der Waals surface area contributed by atoms with Crippen LogP contribution in [0.15, 0.2) is 18.2 Å². The number of aryl methyl sites for hydroxylation is 1. The van der Waals surface area contributed by atoms with Gasteiger partial charge in [-0.3, -0.25) is 0 Å². The molecule has 1 N–H and O–H groups in total. The molecule has 0 bridgehead atoms. The van der Waals surface area contributed by atoms with Crippen LogP contribution in [0, 0.1) is 5.82 Å². The van der Waals surface area contributed by atoms with E-state index in [4.69, 9.17) is 5.11 Å². The molecule has 0 atom stereocenters. The summed E-state index contributed by atoms with van der Waals surface area (Å²) in [6, 6.07) is 3.78. The van der Waals surface area contributed by atoms with Gasteiger partial charge in [0.15, 0.2) is 5.82 Å². The zero-order valence-corrected chi connectivity index (χ0v) is 9.67. The van der Waals surface area contributed by atoms with E-state index in [1.54, 1.807) is 0 Å². The average Bonchev–Trinajstić information content (AvgIpc) is 2.77. The number of carbonyl (C=O) groups is 1. The highest BCUT2D eigenvalue weighted by Crippen LogP contribution is 2.15. The molecule has 0 saturated carbocycles. The summed E-state index contributed by atoms with van der Waals surface area (Å²) in [6.07, 6.45) is 1.52. The molecule has 0 amide bonds. The van der Waals surface area contributed by atoms with Crippen LogP contribution in [0.4, 0.5) is 4.39 Å². The lowest BCUT2D eigenvalue weighted by Gasteiger charge is -2.05. The molecule has 1 heterocycles. The van der Waals surface area contributed by atoms with Crippen molar-refractivity contribution in [1.82, 2.24) is 20.2 Å². The first-order chi connectivity index (χ1) is 8.63. The van der Waals surface area contributed by atoms with Crippen molar-refractivity contribution in [3.8, 4) is 5.69 Å². The Labute approximate surface area is 102 Å². The third-order valence-corrected chi connectivity index (χ3v) is 2.44. The van der Waals surface area contributed by atoms with Crippen LogP contribution in [0.25, 0.3) is 5.69 Å². The highest BCUT2D eigenvalue weighted by atomic mass is 19.1. The van der Waals surface area contributed by atoms with E-state index in [1.807, 2.05) is 6.92 Å². The Bertz CT molecular complexity index is 582. The number of aromatic carboxylic acids is 1. The summed E-state index contributed by atoms with van der Waals surface area (Å²) in [4.78, 5) is 10.7. The van der Waals surface area contributed by atoms with Crippen molar-refractivity contribution in [3.63, 3.8) is 0 Å². The third-order valence-electron chi connectivity index (χ3n) is 2.44. The van der Waals surface area contributed by atoms with Crippen molar-refractivity contribution in [1.29, 1.82) is 0 Å². The van der Waals surface area contributed by atoms with E-state index in [2.05, 4.69) is 15.5 Å². The van der Waals surface area contributed by atoms with E-state index < -0.39 is 11.8 Å². The molecule has 0 aliphatic heterocycles. The largest absolute Gasteiger partial charge is 0.478 e. The minimum absolute atomic E-state index is 0.371. The van der Waals surface area contributed by atoms with Gasteiger partial charge in [0, 0.05) is 12.5 Å². The van der Waals surface area contributed by atoms with Crippen molar-refractivity contribution >= 4 is 5.97 Å². The van der Waals surface area contributed by atoms with Gasteiger partial charge < -0.3 is 5.11 Å². The van der Waals surface area contributed by atoms with Gasteiger partial charge >= 0.3 is 5.97 Å². The topological polar surface area (TPSA) is 80.9 Å². The Balaban J connectivity index is 2.42. The Kier molecular flexibility index (Phi) is 3.31. The van der Waals surface area contributed by atoms with Gasteiger partial charge in [-0.05, 0) is 29.0 Å². The maximum Gasteiger partial charge on any atom is 0.338 e. The number of benzene rings is 1. The van der Waals surface area contributed by atoms with Crippen molar-refractivity contribution in [2.75, 3.05) is 0 Å². The molecular weight excluding hydrogens is 239 g/mol. The fourth-order valence-corrected chi connectivity index (χ4v) is 1.59. The lowest BCUT2D eigenvalue weighted by Crippen LogP contribution is -2.06. The standard InChI is InChI=1S/C11H11FN4O2/c1-2-3-10-13-14-15-16(10)7-4-5-8(11(17)18)9(12)6-7/h4-6H,2-3H2,1H3,(H,17,18). The Morgan fingerprint density at radius 1 is 1.50 bits per heavy atom. The quantitative estimate of drug-likeness (QED) is 0.888. The van der Waals surface area contributed by atoms with Gasteiger partial charge in [-0.2, -0.15) is 4.68 Å². The first-order valence-corrected chi connectivity index (χ1v) is 5.44. The van der Waals surface area contributed by atoms with Crippen LogP contribution in [-0.4, -0.2) is 31.3 Å². The van der Waals surface area contributed by atoms with Gasteiger partial charge in [0.1, 0.15) is 5.82 Å². The first kappa shape index (κ1) is 12.2. The maximum atomic E-state index is 13.5. The Morgan fingerprint density at radius 2 is 2.28 bits per heavy atom. The molecule has 2 rings (SSSR count). The van der Waals surface area contributed by atoms with E-state index in [0.29, 0.717) is 17.9 Å². The highest BCUT2D eigenvalue weighted by molar-refractivity contribution is 5.88. The summed E-state index contributed by atoms with van der Waals surface area (Å²) in [5.41, 5.74) is 0.0369. The molecule has 0 spiro atoms. The zero-order valence-electron chi connectivity index (χ0n) is 9.67. The van der Waals surface area contributed by atoms with Gasteiger partial charge in [0.25, 0.3) is 0 Å². The van der Waals surface area contributed by atoms with E-state index in [0.717, 1.165) is 12.5 Å². The minimum Gasteiger partial charge on any atom is -0.478 e. The molecule has 1 aromatic heterocycles. The van der Waals surface area contributed by atoms with Crippen LogP contribution in [0.1, 0.15) is 29.5 Å². The van der Waals surface area contributed by atoms with Gasteiger partial charge in [-0.25, -0.2) is 9.18 Å². The molecule has 2 aromatic rings. The summed E-state index contributed by atoms with van der Waals surface area (Å²) >= 11 is 0. The zero-order chi connectivity index (χ0) is 13.1. The number of aromatic nitrogens is 4. The Morgan fingerprint density at radius 3 is 2.89 bits per heavy atom. The number of nitrogens with zero attached hydrogens (tertiary/aromatic N) is 4. The van der Waals surface area contributed by atoms with Crippen molar-refractivity contribution in [2.45, 2.75) is 19.8 Å². The van der Waals surface area contributed by atoms with Crippen LogP contribution in [0.3, 0.4) is 0 Å². The van der Waals surface area contributed by atoms with Crippen LogP contribution in [0.5, 0.6) is 0 Å². The first-order valence-electron chi connectivity index (χ1n) is 5.44. The molecule has 0 fully saturated rings. The van der Waals surface area contributed by atoms with E-state index >= 15 is 0 Å². The summed E-state index contributed by atoms with van der Waals surface area (Å²) < 4.78 is 14.9. The fraction of sp³-hybridized carbons (Fsp3) is 0.273. The third kappa shape index (κ3) is 2.20. The molecule has 7 heteroatoms. The predicted molar refractivity (Wildman–Crippen MR) is 60.1 cm³/mol. The van der Waals surface area contributed by atoms with Gasteiger partial charge in [0.2, 0.25) is 0 Å². The molecule has 0 radical (unpaired) electrons. The fourth-order valence-electron chi connectivity index (χ4n) is 1.59. The maximum absolute atomic E-state index is 13.5. The van der Waals surface area contributed by atoms with Crippen molar-refractivity contribution in [3.05, 3.63) is 35.4 Å². The summed E-state index contributed by atoms with van der Waals surface area (Å²) in [7, 11) is 0. The molecule has 0 aliphatic carbocycles. The predicted octanol–water partition coefficient (Wildman–Crippen LogP) is 1.45. The molecule has 0 unspecified atom stereocenters. The van der Waals surface area contributed by atoms with Gasteiger partial charge in [0.05, 0.1) is 11.3 Å². The van der Waals surface area contributed by atoms with Gasteiger partial charge in [-0.15, -0.1) is 5.10 Å². The molecule has 6 nitrogen and oxygen atoms in total. The average molecular weight is 250 g/mol. The summed E-state index contributed by atoms with van der Waals surface area (Å²) in [6.45, 7) is 1.98. The van der Waals surface area contributed by atoms with Crippen LogP contribution in [0.2, 0.25) is 0 Å². The normalized spacial score (nSPS) is 10.6. The number of carboxylic acid groups (broad SMARTS) is 1. The van der Waals surface area contributed by atoms with Gasteiger partial charge in [-0.1, -0.05) is 6.92 Å². The number of rotatable bonds is 4. The number of hydrogen-bond donors (Lipinski definition) is 1. The molecular formula is C11H11FN4O2. The SMILES string of the molecule is CCCc1nnnn1-c1ccc(C(=O)O)c(F)c1. The second-order valence-corrected chi connectivity index (χ2v) is 3.73. The summed E-state index contributed by atoms with van der Waals surface area (Å²) in [5, 5.41) is 19.9. The van der Waals surface area contributed by atoms with E-state index in [9.17, 15) is 9.18 Å². The molecule has 1 aromatic carbocycles. The molecule has 0 aliphatic rings. The number of halogens is 1. The molecule has 94 valence electrons. The number of tetrazole rings is 1. The lowest BCUT2D eigenvalue weighted by molar-refractivity contribution is 0.0692. The number of carboxylic acids is 1. The second-order valence-electron chi connectivity index (χ2n) is 3.73. The van der Waals surface area contributed by atoms with E-state index in [1.165, 1.54) is 16.8 Å². The van der Waals surface area contributed by atoms with Crippen molar-refractivity contribution in [2.24, 2.45) is 0 Å². The van der Waals surface area contributed by atoms with Crippen LogP contribution < -0.4 is 0 Å². The van der Waals surface area contributed by atoms with Crippen LogP contribution >= 0.6 is 0 Å². The molecule has 0 saturated heterocycles. The number of hydrogen-bond acceptors (Lipinski definition) is 4. The molecule has 18 heavy (non-hydrogen) atoms. The van der Waals surface area contributed by atoms with Crippen molar-refractivity contribution < 1.29 is 14.3 Å². The van der Waals surface area contributed by atoms with Crippen LogP contribution in [-0.2, 0) is 6.42 Å².